The number of aromatic nitrogens is 1. The van der Waals surface area contributed by atoms with Crippen molar-refractivity contribution in [3.8, 4) is 0 Å². The van der Waals surface area contributed by atoms with Crippen molar-refractivity contribution < 1.29 is 17.7 Å². The van der Waals surface area contributed by atoms with Gasteiger partial charge in [-0.05, 0) is 13.8 Å². The normalized spacial score (nSPS) is 11.8. The summed E-state index contributed by atoms with van der Waals surface area (Å²) in [5.74, 6) is 0.164. The van der Waals surface area contributed by atoms with Crippen molar-refractivity contribution >= 4 is 5.69 Å². The molecule has 0 unspecified atom stereocenters. The maximum Gasteiger partial charge on any atom is 0.484 e. The summed E-state index contributed by atoms with van der Waals surface area (Å²) in [7, 11) is 0.937. The molecular weight excluding hydrogens is 185 g/mol. The van der Waals surface area contributed by atoms with E-state index in [9.17, 15) is 13.2 Å². The van der Waals surface area contributed by atoms with E-state index in [0.717, 1.165) is 7.05 Å². The molecule has 6 heteroatoms. The Morgan fingerprint density at radius 1 is 1.31 bits per heavy atom. The van der Waals surface area contributed by atoms with Crippen molar-refractivity contribution in [2.45, 2.75) is 20.1 Å². The van der Waals surface area contributed by atoms with Gasteiger partial charge < -0.3 is 4.52 Å². The molecule has 1 aromatic rings. The third-order valence-corrected chi connectivity index (χ3v) is 1.71. The fourth-order valence-electron chi connectivity index (χ4n) is 1.08. The van der Waals surface area contributed by atoms with E-state index < -0.39 is 6.30 Å². The molecule has 0 amide bonds. The minimum absolute atomic E-state index is 0.0208. The number of alkyl halides is 3. The number of halogens is 3. The molecule has 1 aromatic heterocycles. The molecular formula is C7H9F3N2O. The first-order valence-electron chi connectivity index (χ1n) is 3.57. The summed E-state index contributed by atoms with van der Waals surface area (Å²) < 4.78 is 41.3. The molecule has 74 valence electrons. The van der Waals surface area contributed by atoms with E-state index in [4.69, 9.17) is 0 Å². The minimum Gasteiger partial charge on any atom is -0.359 e. The molecule has 0 N–H and O–H groups in total. The molecule has 3 nitrogen and oxygen atoms in total. The first-order chi connectivity index (χ1) is 5.84. The molecule has 0 bridgehead atoms. The van der Waals surface area contributed by atoms with Gasteiger partial charge in [0, 0.05) is 7.05 Å². The summed E-state index contributed by atoms with van der Waals surface area (Å²) in [5.41, 5.74) is 0.213. The van der Waals surface area contributed by atoms with E-state index in [2.05, 4.69) is 9.68 Å². The van der Waals surface area contributed by atoms with Crippen LogP contribution in [0.25, 0.3) is 0 Å². The van der Waals surface area contributed by atoms with E-state index in [0.29, 0.717) is 0 Å². The highest BCUT2D eigenvalue weighted by atomic mass is 19.4. The van der Waals surface area contributed by atoms with Crippen LogP contribution in [0.4, 0.5) is 18.9 Å². The molecule has 0 aromatic carbocycles. The molecule has 1 heterocycles. The summed E-state index contributed by atoms with van der Waals surface area (Å²) in [6.45, 7) is 2.91. The highest BCUT2D eigenvalue weighted by Gasteiger charge is 2.37. The largest absolute Gasteiger partial charge is 0.484 e. The SMILES string of the molecule is Cc1noc(C)c1N(C)C(F)(F)F. The molecule has 13 heavy (non-hydrogen) atoms. The van der Waals surface area contributed by atoms with E-state index in [-0.39, 0.29) is 22.0 Å². The van der Waals surface area contributed by atoms with Gasteiger partial charge in [-0.15, -0.1) is 0 Å². The standard InChI is InChI=1S/C7H9F3N2O/c1-4-6(5(2)13-11-4)12(3)7(8,9)10/h1-3H3. The molecule has 0 aliphatic carbocycles. The number of hydrogen-bond acceptors (Lipinski definition) is 3. The quantitative estimate of drug-likeness (QED) is 0.642. The van der Waals surface area contributed by atoms with Gasteiger partial charge in [-0.3, -0.25) is 4.90 Å². The second kappa shape index (κ2) is 2.93. The average Bonchev–Trinajstić information content (AvgIpc) is 2.28. The molecule has 0 radical (unpaired) electrons. The van der Waals surface area contributed by atoms with Crippen LogP contribution in [-0.2, 0) is 0 Å². The number of hydrogen-bond donors (Lipinski definition) is 0. The molecule has 0 saturated heterocycles. The van der Waals surface area contributed by atoms with Crippen molar-refractivity contribution in [2.75, 3.05) is 11.9 Å². The van der Waals surface area contributed by atoms with Crippen molar-refractivity contribution in [1.29, 1.82) is 0 Å². The lowest BCUT2D eigenvalue weighted by molar-refractivity contribution is -0.125. The van der Waals surface area contributed by atoms with E-state index in [1.165, 1.54) is 13.8 Å². The Balaban J connectivity index is 3.08. The van der Waals surface area contributed by atoms with Crippen molar-refractivity contribution in [1.82, 2.24) is 5.16 Å². The van der Waals surface area contributed by atoms with Gasteiger partial charge >= 0.3 is 6.30 Å². The third kappa shape index (κ3) is 1.76. The predicted molar refractivity (Wildman–Crippen MR) is 40.4 cm³/mol. The summed E-state index contributed by atoms with van der Waals surface area (Å²) >= 11 is 0. The maximum atomic E-state index is 12.2. The number of anilines is 1. The first-order valence-corrected chi connectivity index (χ1v) is 3.57. The lowest BCUT2D eigenvalue weighted by Crippen LogP contribution is -2.34. The molecule has 0 spiro atoms. The summed E-state index contributed by atoms with van der Waals surface area (Å²) in [6.07, 6.45) is -4.40. The van der Waals surface area contributed by atoms with Crippen LogP contribution in [0.2, 0.25) is 0 Å². The zero-order valence-electron chi connectivity index (χ0n) is 7.44. The van der Waals surface area contributed by atoms with Gasteiger partial charge in [-0.25, -0.2) is 0 Å². The maximum absolute atomic E-state index is 12.2. The number of nitrogens with zero attached hydrogens (tertiary/aromatic N) is 2. The molecule has 1 rings (SSSR count). The van der Waals surface area contributed by atoms with Crippen LogP contribution in [0.15, 0.2) is 4.52 Å². The van der Waals surface area contributed by atoms with Crippen LogP contribution >= 0.6 is 0 Å². The van der Waals surface area contributed by atoms with E-state index in [1.54, 1.807) is 0 Å². The van der Waals surface area contributed by atoms with Gasteiger partial charge in [-0.1, -0.05) is 5.16 Å². The fraction of sp³-hybridized carbons (Fsp3) is 0.571. The zero-order chi connectivity index (χ0) is 10.2. The minimum atomic E-state index is -4.40. The first kappa shape index (κ1) is 9.88. The molecule has 0 saturated carbocycles. The molecule has 0 fully saturated rings. The third-order valence-electron chi connectivity index (χ3n) is 1.71. The van der Waals surface area contributed by atoms with Crippen molar-refractivity contribution in [2.24, 2.45) is 0 Å². The van der Waals surface area contributed by atoms with Crippen LogP contribution in [0, 0.1) is 13.8 Å². The second-order valence-corrected chi connectivity index (χ2v) is 2.70. The topological polar surface area (TPSA) is 29.3 Å². The van der Waals surface area contributed by atoms with E-state index >= 15 is 0 Å². The average molecular weight is 194 g/mol. The highest BCUT2D eigenvalue weighted by Crippen LogP contribution is 2.31. The Hall–Kier alpha value is -1.20. The van der Waals surface area contributed by atoms with Gasteiger partial charge in [0.15, 0.2) is 5.76 Å². The lowest BCUT2D eigenvalue weighted by Gasteiger charge is -2.21. The smallest absolute Gasteiger partial charge is 0.359 e. The van der Waals surface area contributed by atoms with E-state index in [1.807, 2.05) is 0 Å². The number of rotatable bonds is 1. The zero-order valence-corrected chi connectivity index (χ0v) is 7.44. The Morgan fingerprint density at radius 3 is 2.15 bits per heavy atom. The van der Waals surface area contributed by atoms with Gasteiger partial charge in [0.25, 0.3) is 0 Å². The van der Waals surface area contributed by atoms with Crippen LogP contribution in [0.5, 0.6) is 0 Å². The summed E-state index contributed by atoms with van der Waals surface area (Å²) in [5, 5.41) is 3.43. The highest BCUT2D eigenvalue weighted by molar-refractivity contribution is 5.52. The predicted octanol–water partition coefficient (Wildman–Crippen LogP) is 2.25. The lowest BCUT2D eigenvalue weighted by atomic mass is 10.3. The van der Waals surface area contributed by atoms with Gasteiger partial charge in [0.05, 0.1) is 0 Å². The van der Waals surface area contributed by atoms with Crippen LogP contribution in [-0.4, -0.2) is 18.5 Å². The van der Waals surface area contributed by atoms with Crippen molar-refractivity contribution in [3.05, 3.63) is 11.5 Å². The molecule has 0 atom stereocenters. The molecule has 0 aliphatic heterocycles. The van der Waals surface area contributed by atoms with Crippen molar-refractivity contribution in [3.63, 3.8) is 0 Å². The van der Waals surface area contributed by atoms with Crippen LogP contribution < -0.4 is 4.90 Å². The van der Waals surface area contributed by atoms with Crippen LogP contribution in [0.1, 0.15) is 11.5 Å². The monoisotopic (exact) mass is 194 g/mol. The Kier molecular flexibility index (Phi) is 2.23. The van der Waals surface area contributed by atoms with Gasteiger partial charge in [-0.2, -0.15) is 13.2 Å². The summed E-state index contributed by atoms with van der Waals surface area (Å²) in [4.78, 5) is 0.189. The Morgan fingerprint density at radius 2 is 1.85 bits per heavy atom. The molecule has 0 aliphatic rings. The fourth-order valence-corrected chi connectivity index (χ4v) is 1.08. The van der Waals surface area contributed by atoms with Gasteiger partial charge in [0.2, 0.25) is 0 Å². The van der Waals surface area contributed by atoms with Crippen LogP contribution in [0.3, 0.4) is 0 Å². The Labute approximate surface area is 73.1 Å². The number of aryl methyl sites for hydroxylation is 2. The summed E-state index contributed by atoms with van der Waals surface area (Å²) in [6, 6.07) is 0. The Bertz CT molecular complexity index is 286. The second-order valence-electron chi connectivity index (χ2n) is 2.70. The van der Waals surface area contributed by atoms with Gasteiger partial charge in [0.1, 0.15) is 11.4 Å².